The van der Waals surface area contributed by atoms with Crippen LogP contribution in [0.25, 0.3) is 0 Å². The van der Waals surface area contributed by atoms with Crippen molar-refractivity contribution in [1.29, 1.82) is 0 Å². The zero-order valence-corrected chi connectivity index (χ0v) is 22.5. The van der Waals surface area contributed by atoms with Gasteiger partial charge in [-0.1, -0.05) is 19.1 Å². The maximum absolute atomic E-state index is 13.3. The van der Waals surface area contributed by atoms with Gasteiger partial charge in [-0.2, -0.15) is 5.10 Å². The van der Waals surface area contributed by atoms with E-state index in [9.17, 15) is 4.79 Å². The van der Waals surface area contributed by atoms with Crippen LogP contribution < -0.4 is 10.1 Å². The highest BCUT2D eigenvalue weighted by Crippen LogP contribution is 2.26. The van der Waals surface area contributed by atoms with Gasteiger partial charge < -0.3 is 14.8 Å². The van der Waals surface area contributed by atoms with Gasteiger partial charge in [-0.25, -0.2) is 0 Å². The number of amides is 1. The number of fused-ring (bicyclic) bond motifs is 1. The number of hydrogen-bond acceptors (Lipinski definition) is 6. The lowest BCUT2D eigenvalue weighted by molar-refractivity contribution is 0.0931. The van der Waals surface area contributed by atoms with E-state index < -0.39 is 0 Å². The van der Waals surface area contributed by atoms with E-state index in [4.69, 9.17) is 14.6 Å². The third kappa shape index (κ3) is 6.28. The molecule has 1 saturated heterocycles. The van der Waals surface area contributed by atoms with Crippen molar-refractivity contribution in [1.82, 2.24) is 24.9 Å². The molecule has 4 rings (SSSR count). The molecule has 2 aliphatic rings. The lowest BCUT2D eigenvalue weighted by atomic mass is 10.00. The van der Waals surface area contributed by atoms with Gasteiger partial charge >= 0.3 is 0 Å². The number of likely N-dealkylation sites (tertiary alicyclic amines) is 1. The normalized spacial score (nSPS) is 19.3. The summed E-state index contributed by atoms with van der Waals surface area (Å²) in [6.07, 6.45) is 5.34. The minimum absolute atomic E-state index is 0.0434. The Morgan fingerprint density at radius 1 is 1.22 bits per heavy atom. The summed E-state index contributed by atoms with van der Waals surface area (Å²) in [5.41, 5.74) is 4.19. The molecule has 36 heavy (non-hydrogen) atoms. The topological polar surface area (TPSA) is 71.9 Å². The SMILES string of the molecule is CCN1CCC[C@H]1CNC(=O)c1nn(CCOC)c2c1CN([C@H](C)CCc1ccc(OC)cc1)CC2. The van der Waals surface area contributed by atoms with Crippen molar-refractivity contribution in [2.75, 3.05) is 47.0 Å². The van der Waals surface area contributed by atoms with Crippen LogP contribution in [0.5, 0.6) is 5.75 Å². The van der Waals surface area contributed by atoms with Gasteiger partial charge in [0.15, 0.2) is 5.69 Å². The molecule has 1 aromatic carbocycles. The van der Waals surface area contributed by atoms with Crippen LogP contribution in [0.1, 0.15) is 60.4 Å². The van der Waals surface area contributed by atoms with E-state index in [1.165, 1.54) is 17.7 Å². The highest BCUT2D eigenvalue weighted by Gasteiger charge is 2.31. The zero-order valence-electron chi connectivity index (χ0n) is 22.5. The van der Waals surface area contributed by atoms with Gasteiger partial charge in [0.2, 0.25) is 0 Å². The Labute approximate surface area is 215 Å². The lowest BCUT2D eigenvalue weighted by Crippen LogP contribution is -2.41. The molecule has 8 heteroatoms. The number of hydrogen-bond donors (Lipinski definition) is 1. The van der Waals surface area contributed by atoms with Crippen LogP contribution in [0.15, 0.2) is 24.3 Å². The largest absolute Gasteiger partial charge is 0.497 e. The quantitative estimate of drug-likeness (QED) is 0.486. The van der Waals surface area contributed by atoms with Gasteiger partial charge in [0.05, 0.1) is 20.3 Å². The number of carbonyl (C=O) groups excluding carboxylic acids is 1. The molecule has 8 nitrogen and oxygen atoms in total. The first-order chi connectivity index (χ1) is 17.5. The van der Waals surface area contributed by atoms with Gasteiger partial charge in [0, 0.05) is 56.5 Å². The number of carbonyl (C=O) groups is 1. The first-order valence-electron chi connectivity index (χ1n) is 13.5. The molecule has 0 spiro atoms. The number of rotatable bonds is 12. The summed E-state index contributed by atoms with van der Waals surface area (Å²) in [6, 6.07) is 9.18. The molecule has 0 unspecified atom stereocenters. The van der Waals surface area contributed by atoms with E-state index in [1.807, 2.05) is 16.8 Å². The molecule has 3 heterocycles. The van der Waals surface area contributed by atoms with Gasteiger partial charge in [0.1, 0.15) is 5.75 Å². The molecule has 198 valence electrons. The zero-order chi connectivity index (χ0) is 25.5. The molecule has 1 aromatic heterocycles. The van der Waals surface area contributed by atoms with Crippen molar-refractivity contribution >= 4 is 5.91 Å². The fourth-order valence-electron chi connectivity index (χ4n) is 5.62. The molecule has 1 fully saturated rings. The molecule has 0 aliphatic carbocycles. The fraction of sp³-hybridized carbons (Fsp3) is 0.643. The molecule has 2 atom stereocenters. The molecule has 2 aromatic rings. The van der Waals surface area contributed by atoms with Crippen LogP contribution in [0, 0.1) is 0 Å². The predicted molar refractivity (Wildman–Crippen MR) is 142 cm³/mol. The minimum atomic E-state index is -0.0434. The van der Waals surface area contributed by atoms with E-state index >= 15 is 0 Å². The summed E-state index contributed by atoms with van der Waals surface area (Å²) >= 11 is 0. The van der Waals surface area contributed by atoms with Gasteiger partial charge in [-0.15, -0.1) is 0 Å². The lowest BCUT2D eigenvalue weighted by Gasteiger charge is -2.33. The third-order valence-corrected chi connectivity index (χ3v) is 7.92. The first-order valence-corrected chi connectivity index (χ1v) is 13.5. The van der Waals surface area contributed by atoms with Gasteiger partial charge in [-0.05, 0) is 63.4 Å². The molecule has 0 radical (unpaired) electrons. The first kappa shape index (κ1) is 26.6. The van der Waals surface area contributed by atoms with Crippen LogP contribution >= 0.6 is 0 Å². The van der Waals surface area contributed by atoms with Crippen LogP contribution in [0.2, 0.25) is 0 Å². The van der Waals surface area contributed by atoms with E-state index in [2.05, 4.69) is 41.1 Å². The summed E-state index contributed by atoms with van der Waals surface area (Å²) in [4.78, 5) is 18.3. The van der Waals surface area contributed by atoms with Gasteiger partial charge in [0.25, 0.3) is 5.91 Å². The molecule has 1 amide bonds. The second-order valence-electron chi connectivity index (χ2n) is 10.1. The molecule has 1 N–H and O–H groups in total. The number of methoxy groups -OCH3 is 2. The Kier molecular flexibility index (Phi) is 9.40. The van der Waals surface area contributed by atoms with Crippen molar-refractivity contribution in [3.05, 3.63) is 46.8 Å². The number of nitrogens with zero attached hydrogens (tertiary/aromatic N) is 4. The van der Waals surface area contributed by atoms with Crippen molar-refractivity contribution in [2.24, 2.45) is 0 Å². The van der Waals surface area contributed by atoms with E-state index in [0.717, 1.165) is 63.2 Å². The highest BCUT2D eigenvalue weighted by atomic mass is 16.5. The number of benzene rings is 1. The summed E-state index contributed by atoms with van der Waals surface area (Å²) in [6.45, 7) is 10.3. The fourth-order valence-corrected chi connectivity index (χ4v) is 5.62. The highest BCUT2D eigenvalue weighted by molar-refractivity contribution is 5.94. The van der Waals surface area contributed by atoms with Crippen molar-refractivity contribution < 1.29 is 14.3 Å². The average Bonchev–Trinajstić information content (AvgIpc) is 3.53. The predicted octanol–water partition coefficient (Wildman–Crippen LogP) is 3.13. The van der Waals surface area contributed by atoms with Crippen molar-refractivity contribution in [2.45, 2.75) is 71.1 Å². The summed E-state index contributed by atoms with van der Waals surface area (Å²) in [5, 5.41) is 8.00. The van der Waals surface area contributed by atoms with Crippen molar-refractivity contribution in [3.63, 3.8) is 0 Å². The molecule has 2 aliphatic heterocycles. The Bertz CT molecular complexity index is 990. The Hall–Kier alpha value is -2.42. The molecule has 0 bridgehead atoms. The monoisotopic (exact) mass is 497 g/mol. The number of aryl methyl sites for hydroxylation is 1. The second kappa shape index (κ2) is 12.7. The van der Waals surface area contributed by atoms with Crippen LogP contribution in [0.3, 0.4) is 0 Å². The van der Waals surface area contributed by atoms with Crippen LogP contribution in [-0.2, 0) is 30.7 Å². The standard InChI is InChI=1S/C28H43N5O3/c1-5-31-15-6-7-23(31)19-29-28(34)27-25-20-32(16-14-26(25)33(30-27)17-18-35-3)21(2)8-9-22-10-12-24(36-4)13-11-22/h10-13,21,23H,5-9,14-20H2,1-4H3,(H,29,34)/t21-,23+/m1/s1. The Balaban J connectivity index is 1.42. The molecule has 0 saturated carbocycles. The summed E-state index contributed by atoms with van der Waals surface area (Å²) in [5.74, 6) is 0.847. The maximum atomic E-state index is 13.3. The number of likely N-dealkylation sites (N-methyl/N-ethyl adjacent to an activating group) is 1. The molecular weight excluding hydrogens is 454 g/mol. The minimum Gasteiger partial charge on any atom is -0.497 e. The number of aromatic nitrogens is 2. The number of nitrogens with one attached hydrogen (secondary N) is 1. The Morgan fingerprint density at radius 3 is 2.75 bits per heavy atom. The Morgan fingerprint density at radius 2 is 2.03 bits per heavy atom. The van der Waals surface area contributed by atoms with E-state index in [0.29, 0.717) is 37.5 Å². The summed E-state index contributed by atoms with van der Waals surface area (Å²) in [7, 11) is 3.40. The smallest absolute Gasteiger partial charge is 0.272 e. The second-order valence-corrected chi connectivity index (χ2v) is 10.1. The third-order valence-electron chi connectivity index (χ3n) is 7.92. The van der Waals surface area contributed by atoms with Crippen LogP contribution in [-0.4, -0.2) is 84.6 Å². The van der Waals surface area contributed by atoms with E-state index in [1.54, 1.807) is 14.2 Å². The summed E-state index contributed by atoms with van der Waals surface area (Å²) < 4.78 is 12.6. The molecular formula is C28H43N5O3. The number of ether oxygens (including phenoxy) is 2. The maximum Gasteiger partial charge on any atom is 0.272 e. The van der Waals surface area contributed by atoms with Crippen LogP contribution in [0.4, 0.5) is 0 Å². The van der Waals surface area contributed by atoms with Crippen molar-refractivity contribution in [3.8, 4) is 5.75 Å². The van der Waals surface area contributed by atoms with E-state index in [-0.39, 0.29) is 5.91 Å². The van der Waals surface area contributed by atoms with Gasteiger partial charge in [-0.3, -0.25) is 19.3 Å². The average molecular weight is 498 g/mol.